The average molecular weight is 290 g/mol. The summed E-state index contributed by atoms with van der Waals surface area (Å²) in [4.78, 5) is 27.2. The Kier molecular flexibility index (Phi) is 4.47. The minimum absolute atomic E-state index is 0.0972. The molecule has 1 aromatic heterocycles. The third-order valence-corrected chi connectivity index (χ3v) is 3.72. The number of carboxylic acids is 1. The van der Waals surface area contributed by atoms with Crippen molar-refractivity contribution in [3.63, 3.8) is 0 Å². The lowest BCUT2D eigenvalue weighted by Gasteiger charge is -2.14. The molecule has 1 aromatic carbocycles. The zero-order valence-corrected chi connectivity index (χ0v) is 11.7. The van der Waals surface area contributed by atoms with Crippen LogP contribution < -0.4 is 5.32 Å². The van der Waals surface area contributed by atoms with Gasteiger partial charge in [0.25, 0.3) is 5.91 Å². The molecule has 6 heteroatoms. The van der Waals surface area contributed by atoms with E-state index in [0.29, 0.717) is 5.56 Å². The van der Waals surface area contributed by atoms with Gasteiger partial charge in [-0.25, -0.2) is 9.78 Å². The number of aromatic nitrogens is 1. The van der Waals surface area contributed by atoms with Gasteiger partial charge in [-0.1, -0.05) is 13.0 Å². The average Bonchev–Trinajstić information content (AvgIpc) is 2.98. The van der Waals surface area contributed by atoms with Crippen LogP contribution in [0.15, 0.2) is 35.8 Å². The summed E-state index contributed by atoms with van der Waals surface area (Å²) in [6.07, 6.45) is 2.41. The molecule has 0 aliphatic carbocycles. The lowest BCUT2D eigenvalue weighted by atomic mass is 10.1. The predicted octanol–water partition coefficient (Wildman–Crippen LogP) is 2.72. The first-order valence-corrected chi connectivity index (χ1v) is 7.03. The molecule has 1 atom stereocenters. The lowest BCUT2D eigenvalue weighted by Crippen LogP contribution is -2.28. The molecular weight excluding hydrogens is 276 g/mol. The highest BCUT2D eigenvalue weighted by Crippen LogP contribution is 2.19. The summed E-state index contributed by atoms with van der Waals surface area (Å²) in [5.41, 5.74) is 0.430. The largest absolute Gasteiger partial charge is 0.478 e. The number of carbonyl (C=O) groups is 2. The van der Waals surface area contributed by atoms with Crippen LogP contribution >= 0.6 is 11.3 Å². The number of hydrogen-bond acceptors (Lipinski definition) is 4. The number of aromatic carboxylic acids is 1. The molecular formula is C14H14N2O3S. The van der Waals surface area contributed by atoms with Gasteiger partial charge in [0.2, 0.25) is 0 Å². The zero-order valence-electron chi connectivity index (χ0n) is 10.9. The summed E-state index contributed by atoms with van der Waals surface area (Å²) in [6.45, 7) is 1.96. The molecule has 0 aliphatic rings. The molecule has 1 unspecified atom stereocenters. The van der Waals surface area contributed by atoms with Crippen LogP contribution in [-0.4, -0.2) is 22.0 Å². The maximum absolute atomic E-state index is 12.2. The first-order chi connectivity index (χ1) is 9.61. The fourth-order valence-electron chi connectivity index (χ4n) is 1.78. The Hall–Kier alpha value is -2.21. The summed E-state index contributed by atoms with van der Waals surface area (Å²) in [5.74, 6) is -1.35. The quantitative estimate of drug-likeness (QED) is 0.887. The third-order valence-electron chi connectivity index (χ3n) is 2.83. The van der Waals surface area contributed by atoms with Crippen LogP contribution in [0.2, 0.25) is 0 Å². The molecule has 1 amide bonds. The highest BCUT2D eigenvalue weighted by atomic mass is 32.1. The van der Waals surface area contributed by atoms with E-state index in [2.05, 4.69) is 10.3 Å². The molecule has 1 heterocycles. The first kappa shape index (κ1) is 14.2. The van der Waals surface area contributed by atoms with Crippen molar-refractivity contribution in [3.05, 3.63) is 52.0 Å². The van der Waals surface area contributed by atoms with E-state index in [4.69, 9.17) is 5.11 Å². The topological polar surface area (TPSA) is 79.3 Å². The van der Waals surface area contributed by atoms with E-state index in [1.807, 2.05) is 12.3 Å². The summed E-state index contributed by atoms with van der Waals surface area (Å²) in [6, 6.07) is 5.82. The van der Waals surface area contributed by atoms with E-state index in [-0.39, 0.29) is 17.5 Å². The molecule has 0 fully saturated rings. The summed E-state index contributed by atoms with van der Waals surface area (Å²) in [7, 11) is 0. The number of thiazole rings is 1. The van der Waals surface area contributed by atoms with Gasteiger partial charge >= 0.3 is 5.97 Å². The molecule has 5 nitrogen and oxygen atoms in total. The Balaban J connectivity index is 2.15. The van der Waals surface area contributed by atoms with E-state index in [1.165, 1.54) is 23.5 Å². The van der Waals surface area contributed by atoms with Gasteiger partial charge in [-0.2, -0.15) is 0 Å². The third kappa shape index (κ3) is 3.21. The number of amides is 1. The van der Waals surface area contributed by atoms with Crippen molar-refractivity contribution in [2.45, 2.75) is 19.4 Å². The summed E-state index contributed by atoms with van der Waals surface area (Å²) >= 11 is 1.48. The van der Waals surface area contributed by atoms with Crippen LogP contribution in [-0.2, 0) is 0 Å². The van der Waals surface area contributed by atoms with Gasteiger partial charge < -0.3 is 10.4 Å². The van der Waals surface area contributed by atoms with Crippen LogP contribution in [0, 0.1) is 0 Å². The number of nitrogens with one attached hydrogen (secondary N) is 1. The second-order valence-corrected chi connectivity index (χ2v) is 5.12. The number of nitrogens with zero attached hydrogens (tertiary/aromatic N) is 1. The Morgan fingerprint density at radius 1 is 1.40 bits per heavy atom. The smallest absolute Gasteiger partial charge is 0.335 e. The fourth-order valence-corrected chi connectivity index (χ4v) is 2.55. The second kappa shape index (κ2) is 6.29. The Labute approximate surface area is 120 Å². The van der Waals surface area contributed by atoms with E-state index in [9.17, 15) is 9.59 Å². The van der Waals surface area contributed by atoms with Gasteiger partial charge in [0.15, 0.2) is 0 Å². The zero-order chi connectivity index (χ0) is 14.5. The fraction of sp³-hybridized carbons (Fsp3) is 0.214. The van der Waals surface area contributed by atoms with Crippen molar-refractivity contribution < 1.29 is 14.7 Å². The van der Waals surface area contributed by atoms with E-state index >= 15 is 0 Å². The van der Waals surface area contributed by atoms with Crippen molar-refractivity contribution >= 4 is 23.2 Å². The standard InChI is InChI=1S/C14H14N2O3S/c1-2-11(13-15-6-7-20-13)16-12(17)9-4-3-5-10(8-9)14(18)19/h3-8,11H,2H2,1H3,(H,16,17)(H,18,19). The van der Waals surface area contributed by atoms with Gasteiger partial charge in [0, 0.05) is 17.1 Å². The highest BCUT2D eigenvalue weighted by Gasteiger charge is 2.16. The maximum Gasteiger partial charge on any atom is 0.335 e. The number of rotatable bonds is 5. The Morgan fingerprint density at radius 2 is 2.15 bits per heavy atom. The molecule has 20 heavy (non-hydrogen) atoms. The number of carboxylic acid groups (broad SMARTS) is 1. The van der Waals surface area contributed by atoms with Crippen molar-refractivity contribution in [2.24, 2.45) is 0 Å². The maximum atomic E-state index is 12.2. The van der Waals surface area contributed by atoms with Gasteiger partial charge in [-0.15, -0.1) is 11.3 Å². The molecule has 0 radical (unpaired) electrons. The minimum Gasteiger partial charge on any atom is -0.478 e. The van der Waals surface area contributed by atoms with Crippen LogP contribution in [0.25, 0.3) is 0 Å². The van der Waals surface area contributed by atoms with Gasteiger partial charge in [-0.05, 0) is 24.6 Å². The highest BCUT2D eigenvalue weighted by molar-refractivity contribution is 7.09. The second-order valence-electron chi connectivity index (χ2n) is 4.19. The predicted molar refractivity (Wildman–Crippen MR) is 76.0 cm³/mol. The van der Waals surface area contributed by atoms with Crippen molar-refractivity contribution in [1.82, 2.24) is 10.3 Å². The summed E-state index contributed by atoms with van der Waals surface area (Å²) < 4.78 is 0. The van der Waals surface area contributed by atoms with Gasteiger partial charge in [0.05, 0.1) is 11.6 Å². The number of carbonyl (C=O) groups excluding carboxylic acids is 1. The van der Waals surface area contributed by atoms with Crippen LogP contribution in [0.1, 0.15) is 45.1 Å². The van der Waals surface area contributed by atoms with Crippen LogP contribution in [0.3, 0.4) is 0 Å². The molecule has 0 aliphatic heterocycles. The van der Waals surface area contributed by atoms with Crippen LogP contribution in [0.4, 0.5) is 0 Å². The number of benzene rings is 1. The number of hydrogen-bond donors (Lipinski definition) is 2. The minimum atomic E-state index is -1.05. The van der Waals surface area contributed by atoms with Gasteiger partial charge in [0.1, 0.15) is 5.01 Å². The SMILES string of the molecule is CCC(NC(=O)c1cccc(C(=O)O)c1)c1nccs1. The molecule has 2 aromatic rings. The molecule has 0 bridgehead atoms. The lowest BCUT2D eigenvalue weighted by molar-refractivity contribution is 0.0697. The molecule has 0 saturated carbocycles. The molecule has 0 saturated heterocycles. The van der Waals surface area contributed by atoms with E-state index < -0.39 is 5.97 Å². The van der Waals surface area contributed by atoms with Crippen LogP contribution in [0.5, 0.6) is 0 Å². The van der Waals surface area contributed by atoms with Crippen molar-refractivity contribution in [1.29, 1.82) is 0 Å². The molecule has 2 rings (SSSR count). The van der Waals surface area contributed by atoms with Gasteiger partial charge in [-0.3, -0.25) is 4.79 Å². The Bertz CT molecular complexity index is 611. The monoisotopic (exact) mass is 290 g/mol. The van der Waals surface area contributed by atoms with Crippen molar-refractivity contribution in [3.8, 4) is 0 Å². The van der Waals surface area contributed by atoms with E-state index in [0.717, 1.165) is 11.4 Å². The normalized spacial score (nSPS) is 11.8. The first-order valence-electron chi connectivity index (χ1n) is 6.15. The molecule has 2 N–H and O–H groups in total. The Morgan fingerprint density at radius 3 is 2.75 bits per heavy atom. The molecule has 0 spiro atoms. The molecule has 104 valence electrons. The summed E-state index contributed by atoms with van der Waals surface area (Å²) in [5, 5.41) is 14.5. The van der Waals surface area contributed by atoms with Crippen molar-refractivity contribution in [2.75, 3.05) is 0 Å². The van der Waals surface area contributed by atoms with E-state index in [1.54, 1.807) is 18.3 Å².